The highest BCUT2D eigenvalue weighted by molar-refractivity contribution is 7.98. The van der Waals surface area contributed by atoms with Crippen LogP contribution in [0.25, 0.3) is 0 Å². The molecular weight excluding hydrogens is 254 g/mol. The van der Waals surface area contributed by atoms with Crippen molar-refractivity contribution in [3.05, 3.63) is 46.9 Å². The van der Waals surface area contributed by atoms with E-state index in [9.17, 15) is 0 Å². The molecular formula is C15H17N3S. The Hall–Kier alpha value is -1.55. The summed E-state index contributed by atoms with van der Waals surface area (Å²) in [5, 5.41) is 0. The van der Waals surface area contributed by atoms with Gasteiger partial charge in [0.2, 0.25) is 0 Å². The summed E-state index contributed by atoms with van der Waals surface area (Å²) >= 11 is 1.76. The minimum absolute atomic E-state index is 0.683. The molecule has 0 spiro atoms. The van der Waals surface area contributed by atoms with E-state index < -0.39 is 0 Å². The molecule has 1 aliphatic carbocycles. The lowest BCUT2D eigenvalue weighted by molar-refractivity contribution is 0.893. The summed E-state index contributed by atoms with van der Waals surface area (Å²) in [5.41, 5.74) is 9.61. The van der Waals surface area contributed by atoms with Crippen molar-refractivity contribution in [1.82, 2.24) is 9.97 Å². The molecule has 0 atom stereocenters. The van der Waals surface area contributed by atoms with E-state index in [4.69, 9.17) is 5.73 Å². The molecule has 0 amide bonds. The van der Waals surface area contributed by atoms with Gasteiger partial charge in [-0.05, 0) is 38.3 Å². The van der Waals surface area contributed by atoms with Gasteiger partial charge in [-0.2, -0.15) is 0 Å². The van der Waals surface area contributed by atoms with E-state index in [1.165, 1.54) is 16.0 Å². The average Bonchev–Trinajstić information content (AvgIpc) is 2.85. The quantitative estimate of drug-likeness (QED) is 0.871. The molecule has 4 heteroatoms. The third kappa shape index (κ3) is 2.73. The lowest BCUT2D eigenvalue weighted by Gasteiger charge is -2.06. The van der Waals surface area contributed by atoms with Gasteiger partial charge in [0.25, 0.3) is 0 Å². The maximum absolute atomic E-state index is 6.01. The second-order valence-corrected chi connectivity index (χ2v) is 5.96. The van der Waals surface area contributed by atoms with E-state index in [2.05, 4.69) is 41.2 Å². The van der Waals surface area contributed by atoms with E-state index >= 15 is 0 Å². The van der Waals surface area contributed by atoms with Gasteiger partial charge in [-0.3, -0.25) is 0 Å². The maximum Gasteiger partial charge on any atom is 0.141 e. The van der Waals surface area contributed by atoms with E-state index in [0.717, 1.165) is 36.5 Å². The molecule has 0 saturated carbocycles. The predicted octanol–water partition coefficient (Wildman–Crippen LogP) is 3.15. The van der Waals surface area contributed by atoms with Crippen molar-refractivity contribution in [2.24, 2.45) is 0 Å². The average molecular weight is 271 g/mol. The Bertz CT molecular complexity index is 610. The third-order valence-corrected chi connectivity index (χ3v) is 4.36. The minimum atomic E-state index is 0.683. The number of nitrogens with two attached hydrogens (primary N) is 1. The normalized spacial score (nSPS) is 13.5. The van der Waals surface area contributed by atoms with Gasteiger partial charge in [0.05, 0.1) is 5.75 Å². The summed E-state index contributed by atoms with van der Waals surface area (Å²) in [6, 6.07) is 8.49. The molecule has 2 N–H and O–H groups in total. The molecule has 2 aromatic rings. The summed E-state index contributed by atoms with van der Waals surface area (Å²) in [4.78, 5) is 10.3. The zero-order valence-electron chi connectivity index (χ0n) is 11.0. The van der Waals surface area contributed by atoms with Crippen molar-refractivity contribution >= 4 is 17.6 Å². The van der Waals surface area contributed by atoms with Crippen molar-refractivity contribution in [1.29, 1.82) is 0 Å². The molecule has 3 rings (SSSR count). The summed E-state index contributed by atoms with van der Waals surface area (Å²) in [6.45, 7) is 2.11. The zero-order chi connectivity index (χ0) is 13.2. The van der Waals surface area contributed by atoms with Crippen molar-refractivity contribution in [3.8, 4) is 0 Å². The van der Waals surface area contributed by atoms with Crippen LogP contribution in [0.3, 0.4) is 0 Å². The van der Waals surface area contributed by atoms with Crippen LogP contribution in [-0.2, 0) is 18.6 Å². The lowest BCUT2D eigenvalue weighted by Crippen LogP contribution is -2.04. The molecule has 1 heterocycles. The smallest absolute Gasteiger partial charge is 0.141 e. The van der Waals surface area contributed by atoms with Crippen LogP contribution in [0, 0.1) is 6.92 Å². The molecule has 0 bridgehead atoms. The second-order valence-electron chi connectivity index (χ2n) is 4.91. The van der Waals surface area contributed by atoms with Crippen molar-refractivity contribution in [3.63, 3.8) is 0 Å². The summed E-state index contributed by atoms with van der Waals surface area (Å²) < 4.78 is 0. The summed E-state index contributed by atoms with van der Waals surface area (Å²) in [5.74, 6) is 2.31. The van der Waals surface area contributed by atoms with Gasteiger partial charge in [0, 0.05) is 16.2 Å². The van der Waals surface area contributed by atoms with E-state index in [0.29, 0.717) is 5.82 Å². The molecule has 0 unspecified atom stereocenters. The number of nitrogens with zero attached hydrogens (tertiary/aromatic N) is 2. The molecule has 3 nitrogen and oxygen atoms in total. The molecule has 19 heavy (non-hydrogen) atoms. The van der Waals surface area contributed by atoms with Crippen LogP contribution in [0.5, 0.6) is 0 Å². The number of rotatable bonds is 3. The van der Waals surface area contributed by atoms with Crippen LogP contribution in [-0.4, -0.2) is 9.97 Å². The van der Waals surface area contributed by atoms with Crippen molar-refractivity contribution in [2.45, 2.75) is 36.8 Å². The summed E-state index contributed by atoms with van der Waals surface area (Å²) in [7, 11) is 0. The lowest BCUT2D eigenvalue weighted by atomic mass is 10.2. The van der Waals surface area contributed by atoms with Crippen LogP contribution in [0.15, 0.2) is 29.2 Å². The Balaban J connectivity index is 1.76. The van der Waals surface area contributed by atoms with E-state index in [1.807, 2.05) is 0 Å². The SMILES string of the molecule is Cc1cccc(SCc2nc(N)c3c(n2)CCC3)c1. The number of fused-ring (bicyclic) bond motifs is 1. The summed E-state index contributed by atoms with van der Waals surface area (Å²) in [6.07, 6.45) is 3.24. The number of hydrogen-bond donors (Lipinski definition) is 1. The Morgan fingerprint density at radius 1 is 1.26 bits per heavy atom. The highest BCUT2D eigenvalue weighted by Gasteiger charge is 2.17. The van der Waals surface area contributed by atoms with Gasteiger partial charge in [-0.15, -0.1) is 11.8 Å². The van der Waals surface area contributed by atoms with E-state index in [1.54, 1.807) is 11.8 Å². The van der Waals surface area contributed by atoms with Crippen molar-refractivity contribution < 1.29 is 0 Å². The molecule has 1 aliphatic rings. The maximum atomic E-state index is 6.01. The monoisotopic (exact) mass is 271 g/mol. The Labute approximate surface area is 117 Å². The first-order chi connectivity index (χ1) is 9.22. The number of thioether (sulfide) groups is 1. The molecule has 0 saturated heterocycles. The van der Waals surface area contributed by atoms with Gasteiger partial charge in [-0.25, -0.2) is 9.97 Å². The predicted molar refractivity (Wildman–Crippen MR) is 79.2 cm³/mol. The Kier molecular flexibility index (Phi) is 3.42. The van der Waals surface area contributed by atoms with Gasteiger partial charge in [0.15, 0.2) is 0 Å². The first kappa shape index (κ1) is 12.5. The topological polar surface area (TPSA) is 51.8 Å². The number of aromatic nitrogens is 2. The first-order valence-corrected chi connectivity index (χ1v) is 7.54. The fraction of sp³-hybridized carbons (Fsp3) is 0.333. The minimum Gasteiger partial charge on any atom is -0.383 e. The number of anilines is 1. The molecule has 0 radical (unpaired) electrons. The highest BCUT2D eigenvalue weighted by Crippen LogP contribution is 2.27. The molecule has 0 fully saturated rings. The van der Waals surface area contributed by atoms with Gasteiger partial charge >= 0.3 is 0 Å². The second kappa shape index (κ2) is 5.21. The molecule has 0 aliphatic heterocycles. The molecule has 98 valence electrons. The number of hydrogen-bond acceptors (Lipinski definition) is 4. The van der Waals surface area contributed by atoms with Crippen LogP contribution in [0.2, 0.25) is 0 Å². The van der Waals surface area contributed by atoms with Crippen LogP contribution < -0.4 is 5.73 Å². The largest absolute Gasteiger partial charge is 0.383 e. The zero-order valence-corrected chi connectivity index (χ0v) is 11.8. The highest BCUT2D eigenvalue weighted by atomic mass is 32.2. The van der Waals surface area contributed by atoms with Gasteiger partial charge in [-0.1, -0.05) is 17.7 Å². The molecule has 1 aromatic carbocycles. The standard InChI is InChI=1S/C15H17N3S/c1-10-4-2-5-11(8-10)19-9-14-17-13-7-3-6-12(13)15(16)18-14/h2,4-5,8H,3,6-7,9H2,1H3,(H2,16,17,18). The van der Waals surface area contributed by atoms with Crippen LogP contribution in [0.1, 0.15) is 29.1 Å². The van der Waals surface area contributed by atoms with Crippen LogP contribution in [0.4, 0.5) is 5.82 Å². The fourth-order valence-corrected chi connectivity index (χ4v) is 3.30. The Morgan fingerprint density at radius 3 is 3.00 bits per heavy atom. The van der Waals surface area contributed by atoms with Gasteiger partial charge < -0.3 is 5.73 Å². The molecule has 1 aromatic heterocycles. The number of aryl methyl sites for hydroxylation is 2. The number of nitrogen functional groups attached to an aromatic ring is 1. The van der Waals surface area contributed by atoms with Crippen LogP contribution >= 0.6 is 11.8 Å². The number of benzene rings is 1. The third-order valence-electron chi connectivity index (χ3n) is 3.37. The first-order valence-electron chi connectivity index (χ1n) is 6.56. The van der Waals surface area contributed by atoms with Crippen molar-refractivity contribution in [2.75, 3.05) is 5.73 Å². The Morgan fingerprint density at radius 2 is 2.16 bits per heavy atom. The fourth-order valence-electron chi connectivity index (χ4n) is 2.43. The van der Waals surface area contributed by atoms with Gasteiger partial charge in [0.1, 0.15) is 11.6 Å². The van der Waals surface area contributed by atoms with E-state index in [-0.39, 0.29) is 0 Å².